The number of hydrogen-bond acceptors (Lipinski definition) is 6. The van der Waals surface area contributed by atoms with Crippen molar-refractivity contribution >= 4 is 23.5 Å². The standard InChI is InChI=1S/C16H11ClF3NO7/c17-11-5-8(16(18,19)20)1-4-13(11)28-9-2-3-12(21(25)26)10(6-9)15(24)27-7-14(22)23/h1,4-6H,2-3,7H2,(H,22,23). The second-order valence-electron chi connectivity index (χ2n) is 5.44. The predicted molar refractivity (Wildman–Crippen MR) is 87.0 cm³/mol. The molecule has 0 atom stereocenters. The number of carboxylic acids is 1. The Kier molecular flexibility index (Phi) is 6.29. The van der Waals surface area contributed by atoms with Gasteiger partial charge < -0.3 is 14.6 Å². The van der Waals surface area contributed by atoms with Gasteiger partial charge in [0.25, 0.3) is 5.70 Å². The van der Waals surface area contributed by atoms with Crippen molar-refractivity contribution < 1.29 is 42.3 Å². The maximum Gasteiger partial charge on any atom is 0.416 e. The molecule has 12 heteroatoms. The molecule has 0 saturated heterocycles. The van der Waals surface area contributed by atoms with Gasteiger partial charge in [-0.05, 0) is 24.3 Å². The van der Waals surface area contributed by atoms with E-state index in [9.17, 15) is 32.9 Å². The number of carbonyl (C=O) groups is 2. The third-order valence-corrected chi connectivity index (χ3v) is 3.79. The summed E-state index contributed by atoms with van der Waals surface area (Å²) in [5, 5.41) is 19.3. The van der Waals surface area contributed by atoms with Crippen molar-refractivity contribution in [1.82, 2.24) is 0 Å². The fourth-order valence-electron chi connectivity index (χ4n) is 2.25. The Labute approximate surface area is 159 Å². The molecular weight excluding hydrogens is 411 g/mol. The molecule has 150 valence electrons. The maximum absolute atomic E-state index is 12.7. The molecule has 1 aliphatic rings. The average molecular weight is 422 g/mol. The topological polar surface area (TPSA) is 116 Å². The number of nitrogens with zero attached hydrogens (tertiary/aromatic N) is 1. The van der Waals surface area contributed by atoms with E-state index in [1.165, 1.54) is 0 Å². The summed E-state index contributed by atoms with van der Waals surface area (Å²) in [5.74, 6) is -2.84. The van der Waals surface area contributed by atoms with Crippen LogP contribution in [0.25, 0.3) is 0 Å². The molecule has 1 aromatic rings. The lowest BCUT2D eigenvalue weighted by atomic mass is 10.0. The third kappa shape index (κ3) is 5.22. The van der Waals surface area contributed by atoms with Gasteiger partial charge in [-0.3, -0.25) is 10.1 Å². The van der Waals surface area contributed by atoms with Crippen LogP contribution in [0.1, 0.15) is 18.4 Å². The molecule has 2 rings (SSSR count). The molecule has 0 radical (unpaired) electrons. The Morgan fingerprint density at radius 1 is 1.29 bits per heavy atom. The first-order chi connectivity index (χ1) is 13.0. The SMILES string of the molecule is O=C(O)COC(=O)C1=C([N+](=O)[O-])CCC(Oc2ccc(C(F)(F)F)cc2Cl)=C1. The van der Waals surface area contributed by atoms with Crippen molar-refractivity contribution in [2.45, 2.75) is 19.0 Å². The normalized spacial score (nSPS) is 14.4. The van der Waals surface area contributed by atoms with Crippen LogP contribution in [-0.4, -0.2) is 28.6 Å². The van der Waals surface area contributed by atoms with E-state index in [1.807, 2.05) is 0 Å². The molecule has 28 heavy (non-hydrogen) atoms. The van der Waals surface area contributed by atoms with Gasteiger partial charge in [-0.2, -0.15) is 13.2 Å². The zero-order chi connectivity index (χ0) is 21.1. The summed E-state index contributed by atoms with van der Waals surface area (Å²) < 4.78 is 47.8. The van der Waals surface area contributed by atoms with Crippen molar-refractivity contribution in [3.63, 3.8) is 0 Å². The number of aliphatic carboxylic acids is 1. The fraction of sp³-hybridized carbons (Fsp3) is 0.250. The number of carboxylic acid groups (broad SMARTS) is 1. The summed E-state index contributed by atoms with van der Waals surface area (Å²) in [7, 11) is 0. The van der Waals surface area contributed by atoms with Crippen molar-refractivity contribution in [3.05, 3.63) is 62.0 Å². The molecule has 1 N–H and O–H groups in total. The molecule has 0 spiro atoms. The lowest BCUT2D eigenvalue weighted by molar-refractivity contribution is -0.429. The second-order valence-corrected chi connectivity index (χ2v) is 5.85. The van der Waals surface area contributed by atoms with Gasteiger partial charge >= 0.3 is 18.1 Å². The van der Waals surface area contributed by atoms with Crippen molar-refractivity contribution in [2.24, 2.45) is 0 Å². The van der Waals surface area contributed by atoms with Gasteiger partial charge in [-0.25, -0.2) is 9.59 Å². The summed E-state index contributed by atoms with van der Waals surface area (Å²) in [4.78, 5) is 32.7. The molecule has 0 unspecified atom stereocenters. The zero-order valence-electron chi connectivity index (χ0n) is 13.8. The summed E-state index contributed by atoms with van der Waals surface area (Å²) in [6, 6.07) is 2.37. The minimum absolute atomic E-state index is 0.00883. The number of alkyl halides is 3. The van der Waals surface area contributed by atoms with Crippen LogP contribution in [0, 0.1) is 10.1 Å². The van der Waals surface area contributed by atoms with Crippen molar-refractivity contribution in [3.8, 4) is 5.75 Å². The van der Waals surface area contributed by atoms with E-state index in [4.69, 9.17) is 21.4 Å². The Hall–Kier alpha value is -3.08. The van der Waals surface area contributed by atoms with E-state index >= 15 is 0 Å². The zero-order valence-corrected chi connectivity index (χ0v) is 14.5. The smallest absolute Gasteiger partial charge is 0.416 e. The molecule has 0 bridgehead atoms. The van der Waals surface area contributed by atoms with Crippen molar-refractivity contribution in [2.75, 3.05) is 6.61 Å². The molecule has 0 amide bonds. The lowest BCUT2D eigenvalue weighted by Gasteiger charge is -2.16. The van der Waals surface area contributed by atoms with E-state index in [0.29, 0.717) is 6.07 Å². The number of allylic oxidation sites excluding steroid dienone is 2. The van der Waals surface area contributed by atoms with Crippen LogP contribution in [0.4, 0.5) is 13.2 Å². The minimum Gasteiger partial charge on any atom is -0.479 e. The minimum atomic E-state index is -4.60. The highest BCUT2D eigenvalue weighted by atomic mass is 35.5. The number of benzene rings is 1. The molecule has 8 nitrogen and oxygen atoms in total. The maximum atomic E-state index is 12.7. The first-order valence-electron chi connectivity index (χ1n) is 7.50. The van der Waals surface area contributed by atoms with Crippen LogP contribution < -0.4 is 4.74 Å². The fourth-order valence-corrected chi connectivity index (χ4v) is 2.46. The highest BCUT2D eigenvalue weighted by Gasteiger charge is 2.32. The number of rotatable bonds is 6. The van der Waals surface area contributed by atoms with Gasteiger partial charge in [-0.15, -0.1) is 0 Å². The Morgan fingerprint density at radius 2 is 1.96 bits per heavy atom. The molecule has 0 aliphatic heterocycles. The molecule has 1 aromatic carbocycles. The largest absolute Gasteiger partial charge is 0.479 e. The average Bonchev–Trinajstić information content (AvgIpc) is 2.60. The molecule has 0 heterocycles. The van der Waals surface area contributed by atoms with E-state index in [0.717, 1.165) is 18.2 Å². The summed E-state index contributed by atoms with van der Waals surface area (Å²) in [5.41, 5.74) is -2.01. The summed E-state index contributed by atoms with van der Waals surface area (Å²) in [6.45, 7) is -0.998. The molecule has 1 aliphatic carbocycles. The number of carbonyl (C=O) groups excluding carboxylic acids is 1. The Bertz CT molecular complexity index is 893. The summed E-state index contributed by atoms with van der Waals surface area (Å²) >= 11 is 5.79. The van der Waals surface area contributed by atoms with Gasteiger partial charge in [-0.1, -0.05) is 11.6 Å². The molecule has 0 saturated carbocycles. The molecular formula is C16H11ClF3NO7. The van der Waals surface area contributed by atoms with Crippen LogP contribution in [0.3, 0.4) is 0 Å². The van der Waals surface area contributed by atoms with Crippen molar-refractivity contribution in [1.29, 1.82) is 0 Å². The van der Waals surface area contributed by atoms with Crippen LogP contribution in [0.15, 0.2) is 41.3 Å². The van der Waals surface area contributed by atoms with Gasteiger partial charge in [0.2, 0.25) is 0 Å². The van der Waals surface area contributed by atoms with Crippen LogP contribution in [0.2, 0.25) is 5.02 Å². The Morgan fingerprint density at radius 3 is 2.50 bits per heavy atom. The van der Waals surface area contributed by atoms with E-state index in [2.05, 4.69) is 4.74 Å². The molecule has 0 aromatic heterocycles. The van der Waals surface area contributed by atoms with E-state index in [-0.39, 0.29) is 29.4 Å². The number of ether oxygens (including phenoxy) is 2. The number of esters is 1. The Balaban J connectivity index is 2.29. The van der Waals surface area contributed by atoms with E-state index < -0.39 is 46.5 Å². The van der Waals surface area contributed by atoms with Gasteiger partial charge in [0.15, 0.2) is 6.61 Å². The van der Waals surface area contributed by atoms with E-state index in [1.54, 1.807) is 0 Å². The number of halogens is 4. The summed E-state index contributed by atoms with van der Waals surface area (Å²) in [6.07, 6.45) is -3.91. The second kappa shape index (κ2) is 8.30. The monoisotopic (exact) mass is 421 g/mol. The molecule has 0 fully saturated rings. The first kappa shape index (κ1) is 21.2. The quantitative estimate of drug-likeness (QED) is 0.424. The lowest BCUT2D eigenvalue weighted by Crippen LogP contribution is -2.20. The number of nitro groups is 1. The van der Waals surface area contributed by atoms with Gasteiger partial charge in [0.05, 0.1) is 15.5 Å². The highest BCUT2D eigenvalue weighted by Crippen LogP contribution is 2.36. The number of hydrogen-bond donors (Lipinski definition) is 1. The van der Waals surface area contributed by atoms with Crippen LogP contribution in [-0.2, 0) is 20.5 Å². The van der Waals surface area contributed by atoms with Gasteiger partial charge in [0.1, 0.15) is 17.1 Å². The van der Waals surface area contributed by atoms with Crippen LogP contribution in [0.5, 0.6) is 5.75 Å². The highest BCUT2D eigenvalue weighted by molar-refractivity contribution is 6.32. The van der Waals surface area contributed by atoms with Gasteiger partial charge in [0, 0.05) is 12.8 Å². The van der Waals surface area contributed by atoms with Crippen LogP contribution >= 0.6 is 11.6 Å². The first-order valence-corrected chi connectivity index (χ1v) is 7.88. The predicted octanol–water partition coefficient (Wildman–Crippen LogP) is 3.57. The third-order valence-electron chi connectivity index (χ3n) is 3.49.